The van der Waals surface area contributed by atoms with E-state index in [-0.39, 0.29) is 24.3 Å². The monoisotopic (exact) mass is 447 g/mol. The summed E-state index contributed by atoms with van der Waals surface area (Å²) >= 11 is 0. The van der Waals surface area contributed by atoms with Gasteiger partial charge >= 0.3 is 0 Å². The van der Waals surface area contributed by atoms with Crippen LogP contribution in [0.3, 0.4) is 0 Å². The van der Waals surface area contributed by atoms with Gasteiger partial charge in [0.1, 0.15) is 0 Å². The Balaban J connectivity index is 1.56. The Morgan fingerprint density at radius 2 is 1.94 bits per heavy atom. The predicted molar refractivity (Wildman–Crippen MR) is 118 cm³/mol. The van der Waals surface area contributed by atoms with Gasteiger partial charge in [0.25, 0.3) is 11.8 Å². The van der Waals surface area contributed by atoms with Crippen molar-refractivity contribution in [3.05, 3.63) is 70.9 Å². The molecular weight excluding hydrogens is 422 g/mol. The first-order valence-electron chi connectivity index (χ1n) is 11.1. The van der Waals surface area contributed by atoms with Crippen molar-refractivity contribution in [1.82, 2.24) is 15.1 Å². The number of carbonyl (C=O) groups is 2. The summed E-state index contributed by atoms with van der Waals surface area (Å²) in [5, 5.41) is 7.74. The highest BCUT2D eigenvalue weighted by molar-refractivity contribution is 6.22. The van der Waals surface area contributed by atoms with Crippen molar-refractivity contribution in [1.29, 1.82) is 0 Å². The van der Waals surface area contributed by atoms with Gasteiger partial charge in [0.05, 0.1) is 36.8 Å². The van der Waals surface area contributed by atoms with Crippen LogP contribution >= 0.6 is 0 Å². The highest BCUT2D eigenvalue weighted by Crippen LogP contribution is 2.39. The average Bonchev–Trinajstić information content (AvgIpc) is 3.56. The van der Waals surface area contributed by atoms with Crippen molar-refractivity contribution in [2.24, 2.45) is 0 Å². The zero-order valence-electron chi connectivity index (χ0n) is 18.6. The van der Waals surface area contributed by atoms with Crippen LogP contribution in [-0.4, -0.2) is 40.1 Å². The first kappa shape index (κ1) is 21.2. The molecule has 0 radical (unpaired) electrons. The summed E-state index contributed by atoms with van der Waals surface area (Å²) < 4.78 is 17.1. The molecule has 8 heteroatoms. The van der Waals surface area contributed by atoms with Crippen LogP contribution < -0.4 is 9.47 Å². The van der Waals surface area contributed by atoms with E-state index < -0.39 is 6.04 Å². The van der Waals surface area contributed by atoms with Gasteiger partial charge in [-0.3, -0.25) is 14.5 Å². The quantitative estimate of drug-likeness (QED) is 0.499. The highest BCUT2D eigenvalue weighted by Gasteiger charge is 2.42. The fourth-order valence-electron chi connectivity index (χ4n) is 4.74. The van der Waals surface area contributed by atoms with E-state index in [2.05, 4.69) is 10.2 Å². The molecule has 0 unspecified atom stereocenters. The van der Waals surface area contributed by atoms with E-state index >= 15 is 0 Å². The topological polar surface area (TPSA) is 94.8 Å². The summed E-state index contributed by atoms with van der Waals surface area (Å²) in [5.41, 5.74) is 2.35. The van der Waals surface area contributed by atoms with E-state index in [0.29, 0.717) is 28.5 Å². The van der Waals surface area contributed by atoms with E-state index in [1.54, 1.807) is 19.2 Å². The summed E-state index contributed by atoms with van der Waals surface area (Å²) in [7, 11) is 1.60. The fraction of sp³-hybridized carbons (Fsp3) is 0.360. The maximum absolute atomic E-state index is 13.4. The molecule has 2 heterocycles. The largest absolute Gasteiger partial charge is 0.493 e. The van der Waals surface area contributed by atoms with Crippen molar-refractivity contribution < 1.29 is 23.5 Å². The van der Waals surface area contributed by atoms with E-state index in [1.165, 1.54) is 11.3 Å². The molecule has 0 N–H and O–H groups in total. The first-order chi connectivity index (χ1) is 16.1. The van der Waals surface area contributed by atoms with Crippen LogP contribution in [0.15, 0.2) is 47.2 Å². The Labute approximate surface area is 191 Å². The number of methoxy groups -OCH3 is 1. The number of imide groups is 1. The van der Waals surface area contributed by atoms with Gasteiger partial charge in [-0.25, -0.2) is 0 Å². The second-order valence-corrected chi connectivity index (χ2v) is 8.46. The lowest BCUT2D eigenvalue weighted by molar-refractivity contribution is 0.0576. The summed E-state index contributed by atoms with van der Waals surface area (Å²) in [6, 6.07) is 10.2. The molecule has 1 fully saturated rings. The summed E-state index contributed by atoms with van der Waals surface area (Å²) in [6.45, 7) is 1.83. The molecule has 2 amide bonds. The molecule has 1 aliphatic carbocycles. The second-order valence-electron chi connectivity index (χ2n) is 8.46. The van der Waals surface area contributed by atoms with Crippen molar-refractivity contribution in [2.75, 3.05) is 7.11 Å². The molecule has 170 valence electrons. The third-order valence-corrected chi connectivity index (χ3v) is 6.41. The Kier molecular flexibility index (Phi) is 5.58. The first-order valence-corrected chi connectivity index (χ1v) is 11.1. The lowest BCUT2D eigenvalue weighted by atomic mass is 10.0. The van der Waals surface area contributed by atoms with Crippen LogP contribution in [0.4, 0.5) is 0 Å². The Bertz CT molecular complexity index is 1180. The number of hydrogen-bond acceptors (Lipinski definition) is 7. The normalized spacial score (nSPS) is 16.8. The number of rotatable bonds is 7. The lowest BCUT2D eigenvalue weighted by Crippen LogP contribution is -2.35. The second kappa shape index (κ2) is 8.69. The highest BCUT2D eigenvalue weighted by atomic mass is 16.5. The predicted octanol–water partition coefficient (Wildman–Crippen LogP) is 4.29. The van der Waals surface area contributed by atoms with Crippen LogP contribution in [-0.2, 0) is 6.42 Å². The minimum Gasteiger partial charge on any atom is -0.493 e. The lowest BCUT2D eigenvalue weighted by Gasteiger charge is -2.27. The minimum absolute atomic E-state index is 0.130. The fourth-order valence-corrected chi connectivity index (χ4v) is 4.74. The molecule has 2 aromatic carbocycles. The third kappa shape index (κ3) is 3.86. The standard InChI is InChI=1S/C25H25N3O5/c1-15-6-5-9-18-23(15)25(30)28(24(18)29)19(13-22-27-26-14-32-22)16-10-11-20(31-2)21(12-16)33-17-7-3-4-8-17/h5-6,9-12,14,17,19H,3-4,7-8,13H2,1-2H3/t19-/m1/s1. The molecule has 1 aliphatic heterocycles. The maximum Gasteiger partial charge on any atom is 0.262 e. The van der Waals surface area contributed by atoms with Gasteiger partial charge in [-0.2, -0.15) is 0 Å². The van der Waals surface area contributed by atoms with Gasteiger partial charge in [-0.1, -0.05) is 18.2 Å². The van der Waals surface area contributed by atoms with Crippen LogP contribution in [0.25, 0.3) is 0 Å². The van der Waals surface area contributed by atoms with E-state index in [9.17, 15) is 9.59 Å². The molecule has 2 aliphatic rings. The number of fused-ring (bicyclic) bond motifs is 1. The summed E-state index contributed by atoms with van der Waals surface area (Å²) in [5.74, 6) is 0.886. The number of carbonyl (C=O) groups excluding carboxylic acids is 2. The maximum atomic E-state index is 13.4. The van der Waals surface area contributed by atoms with Gasteiger partial charge in [0.2, 0.25) is 12.3 Å². The molecule has 3 aromatic rings. The number of hydrogen-bond donors (Lipinski definition) is 0. The number of ether oxygens (including phenoxy) is 2. The number of amides is 2. The minimum atomic E-state index is -0.644. The van der Waals surface area contributed by atoms with Gasteiger partial charge in [-0.15, -0.1) is 10.2 Å². The van der Waals surface area contributed by atoms with Crippen molar-refractivity contribution in [2.45, 2.75) is 51.2 Å². The van der Waals surface area contributed by atoms with Gasteiger partial charge in [0.15, 0.2) is 11.5 Å². The molecule has 8 nitrogen and oxygen atoms in total. The number of aryl methyl sites for hydroxylation is 1. The van der Waals surface area contributed by atoms with Gasteiger partial charge < -0.3 is 13.9 Å². The van der Waals surface area contributed by atoms with Crippen molar-refractivity contribution >= 4 is 11.8 Å². The van der Waals surface area contributed by atoms with Crippen LogP contribution in [0.5, 0.6) is 11.5 Å². The molecule has 1 aromatic heterocycles. The molecule has 1 saturated carbocycles. The van der Waals surface area contributed by atoms with Gasteiger partial charge in [-0.05, 0) is 61.9 Å². The van der Waals surface area contributed by atoms with Gasteiger partial charge in [0, 0.05) is 0 Å². The Morgan fingerprint density at radius 3 is 2.64 bits per heavy atom. The van der Waals surface area contributed by atoms with Crippen LogP contribution in [0.2, 0.25) is 0 Å². The number of benzene rings is 2. The molecular formula is C25H25N3O5. The smallest absolute Gasteiger partial charge is 0.262 e. The molecule has 33 heavy (non-hydrogen) atoms. The summed E-state index contributed by atoms with van der Waals surface area (Å²) in [6.07, 6.45) is 5.83. The SMILES string of the molecule is COc1ccc([C@@H](Cc2nnco2)N2C(=O)c3cccc(C)c3C2=O)cc1OC1CCCC1. The van der Waals surface area contributed by atoms with Crippen LogP contribution in [0, 0.1) is 6.92 Å². The number of nitrogens with zero attached hydrogens (tertiary/aromatic N) is 3. The molecule has 0 spiro atoms. The zero-order valence-corrected chi connectivity index (χ0v) is 18.6. The van der Waals surface area contributed by atoms with E-state index in [0.717, 1.165) is 36.8 Å². The van der Waals surface area contributed by atoms with E-state index in [1.807, 2.05) is 31.2 Å². The number of aromatic nitrogens is 2. The Hall–Kier alpha value is -3.68. The molecule has 1 atom stereocenters. The zero-order chi connectivity index (χ0) is 22.9. The van der Waals surface area contributed by atoms with Crippen molar-refractivity contribution in [3.63, 3.8) is 0 Å². The van der Waals surface area contributed by atoms with Crippen molar-refractivity contribution in [3.8, 4) is 11.5 Å². The molecule has 0 saturated heterocycles. The average molecular weight is 447 g/mol. The molecule has 5 rings (SSSR count). The Morgan fingerprint density at radius 1 is 1.12 bits per heavy atom. The molecule has 0 bridgehead atoms. The summed E-state index contributed by atoms with van der Waals surface area (Å²) in [4.78, 5) is 28.1. The van der Waals surface area contributed by atoms with Crippen LogP contribution in [0.1, 0.15) is 69.5 Å². The van der Waals surface area contributed by atoms with E-state index in [4.69, 9.17) is 13.9 Å². The third-order valence-electron chi connectivity index (χ3n) is 6.41.